The van der Waals surface area contributed by atoms with Crippen LogP contribution in [0.5, 0.6) is 0 Å². The fourth-order valence-corrected chi connectivity index (χ4v) is 4.23. The number of hydrogen-bond donors (Lipinski definition) is 0. The lowest BCUT2D eigenvalue weighted by molar-refractivity contribution is 0.420. The van der Waals surface area contributed by atoms with Crippen LogP contribution in [0.15, 0.2) is 89.0 Å². The van der Waals surface area contributed by atoms with E-state index in [-0.39, 0.29) is 11.3 Å². The van der Waals surface area contributed by atoms with Crippen LogP contribution in [0.4, 0.5) is 0 Å². The van der Waals surface area contributed by atoms with Crippen molar-refractivity contribution < 1.29 is 0 Å². The molecule has 3 rings (SSSR count). The minimum atomic E-state index is -0.141. The Labute approximate surface area is 164 Å². The highest BCUT2D eigenvalue weighted by Crippen LogP contribution is 2.52. The van der Waals surface area contributed by atoms with Gasteiger partial charge in [-0.05, 0) is 55.5 Å². The molecular weight excluding hydrogens is 324 g/mol. The van der Waals surface area contributed by atoms with Crippen LogP contribution in [0.25, 0.3) is 5.57 Å². The van der Waals surface area contributed by atoms with Crippen LogP contribution in [0.1, 0.15) is 45.7 Å². The van der Waals surface area contributed by atoms with E-state index in [1.54, 1.807) is 0 Å². The SMILES string of the molecule is C#CC(C=C(c1ccccc1)c1ccccc1)C1(C)C(C)=C(C)C(C)=C1C. The predicted molar refractivity (Wildman–Crippen MR) is 117 cm³/mol. The first kappa shape index (κ1) is 19.0. The van der Waals surface area contributed by atoms with Gasteiger partial charge in [0.15, 0.2) is 0 Å². The summed E-state index contributed by atoms with van der Waals surface area (Å²) >= 11 is 0. The second-order valence-corrected chi connectivity index (χ2v) is 7.66. The summed E-state index contributed by atoms with van der Waals surface area (Å²) in [5, 5.41) is 0. The molecule has 136 valence electrons. The van der Waals surface area contributed by atoms with Crippen molar-refractivity contribution in [2.24, 2.45) is 11.3 Å². The van der Waals surface area contributed by atoms with E-state index in [1.165, 1.54) is 39.0 Å². The minimum Gasteiger partial charge on any atom is -0.119 e. The lowest BCUT2D eigenvalue weighted by Gasteiger charge is -2.34. The summed E-state index contributed by atoms with van der Waals surface area (Å²) < 4.78 is 0. The summed E-state index contributed by atoms with van der Waals surface area (Å²) in [6, 6.07) is 21.1. The average Bonchev–Trinajstić information content (AvgIpc) is 2.86. The maximum Gasteiger partial charge on any atom is 0.0517 e. The zero-order chi connectivity index (χ0) is 19.6. The van der Waals surface area contributed by atoms with E-state index in [1.807, 2.05) is 0 Å². The summed E-state index contributed by atoms with van der Waals surface area (Å²) in [5.74, 6) is 3.10. The van der Waals surface area contributed by atoms with Crippen molar-refractivity contribution in [3.05, 3.63) is 100 Å². The Morgan fingerprint density at radius 1 is 0.815 bits per heavy atom. The van der Waals surface area contributed by atoms with Gasteiger partial charge in [0.1, 0.15) is 0 Å². The van der Waals surface area contributed by atoms with Crippen LogP contribution in [-0.4, -0.2) is 0 Å². The number of allylic oxidation sites excluding steroid dienone is 5. The van der Waals surface area contributed by atoms with Gasteiger partial charge in [0.25, 0.3) is 0 Å². The van der Waals surface area contributed by atoms with Crippen LogP contribution in [0.2, 0.25) is 0 Å². The summed E-state index contributed by atoms with van der Waals surface area (Å²) in [7, 11) is 0. The highest BCUT2D eigenvalue weighted by atomic mass is 14.4. The van der Waals surface area contributed by atoms with Gasteiger partial charge in [0, 0.05) is 5.41 Å². The predicted octanol–water partition coefficient (Wildman–Crippen LogP) is 7.06. The highest BCUT2D eigenvalue weighted by molar-refractivity contribution is 5.80. The fraction of sp³-hybridized carbons (Fsp3) is 0.259. The molecule has 1 unspecified atom stereocenters. The van der Waals surface area contributed by atoms with Crippen LogP contribution in [0, 0.1) is 23.7 Å². The van der Waals surface area contributed by atoms with Crippen LogP contribution in [0.3, 0.4) is 0 Å². The summed E-state index contributed by atoms with van der Waals surface area (Å²) in [6.45, 7) is 11.2. The second kappa shape index (κ2) is 7.45. The third-order valence-electron chi connectivity index (χ3n) is 6.55. The molecule has 2 aromatic rings. The topological polar surface area (TPSA) is 0 Å². The van der Waals surface area contributed by atoms with Crippen LogP contribution < -0.4 is 0 Å². The van der Waals surface area contributed by atoms with Crippen molar-refractivity contribution in [3.8, 4) is 12.3 Å². The lowest BCUT2D eigenvalue weighted by Crippen LogP contribution is -2.26. The smallest absolute Gasteiger partial charge is 0.0517 e. The first-order valence-corrected chi connectivity index (χ1v) is 9.56. The molecule has 0 spiro atoms. The van der Waals surface area contributed by atoms with E-state index in [2.05, 4.69) is 107 Å². The Hall–Kier alpha value is -2.78. The van der Waals surface area contributed by atoms with Crippen LogP contribution in [-0.2, 0) is 0 Å². The largest absolute Gasteiger partial charge is 0.119 e. The Morgan fingerprint density at radius 2 is 1.22 bits per heavy atom. The molecular formula is C27H28. The quantitative estimate of drug-likeness (QED) is 0.517. The zero-order valence-electron chi connectivity index (χ0n) is 17.0. The zero-order valence-corrected chi connectivity index (χ0v) is 17.0. The van der Waals surface area contributed by atoms with Gasteiger partial charge in [-0.2, -0.15) is 0 Å². The van der Waals surface area contributed by atoms with Crippen molar-refractivity contribution >= 4 is 5.57 Å². The Morgan fingerprint density at radius 3 is 1.59 bits per heavy atom. The molecule has 0 radical (unpaired) electrons. The Kier molecular flexibility index (Phi) is 5.24. The van der Waals surface area contributed by atoms with Gasteiger partial charge >= 0.3 is 0 Å². The molecule has 0 amide bonds. The van der Waals surface area contributed by atoms with Gasteiger partial charge in [-0.25, -0.2) is 0 Å². The van der Waals surface area contributed by atoms with Gasteiger partial charge in [0.2, 0.25) is 0 Å². The van der Waals surface area contributed by atoms with E-state index < -0.39 is 0 Å². The first-order valence-electron chi connectivity index (χ1n) is 9.56. The van der Waals surface area contributed by atoms with Gasteiger partial charge in [0.05, 0.1) is 5.92 Å². The molecule has 2 aromatic carbocycles. The normalized spacial score (nSPS) is 16.9. The Balaban J connectivity index is 2.19. The standard InChI is InChI=1S/C27H28/c1-7-25(27(6)21(4)19(2)20(3)22(27)5)18-26(23-14-10-8-11-15-23)24-16-12-9-13-17-24/h1,8-18,25H,2-6H3. The number of terminal acetylenes is 1. The fourth-order valence-electron chi connectivity index (χ4n) is 4.23. The molecule has 0 saturated carbocycles. The molecule has 0 aliphatic heterocycles. The highest BCUT2D eigenvalue weighted by Gasteiger charge is 2.41. The minimum absolute atomic E-state index is 0.0136. The van der Waals surface area contributed by atoms with Crippen molar-refractivity contribution in [1.82, 2.24) is 0 Å². The Bertz CT molecular complexity index is 894. The molecule has 0 aromatic heterocycles. The molecule has 0 heteroatoms. The van der Waals surface area contributed by atoms with E-state index in [0.29, 0.717) is 0 Å². The van der Waals surface area contributed by atoms with Gasteiger partial charge < -0.3 is 0 Å². The molecule has 1 atom stereocenters. The molecule has 1 aliphatic carbocycles. The summed E-state index contributed by atoms with van der Waals surface area (Å²) in [6.07, 6.45) is 8.41. The molecule has 0 saturated heterocycles. The van der Waals surface area contributed by atoms with E-state index in [4.69, 9.17) is 6.42 Å². The van der Waals surface area contributed by atoms with Crippen molar-refractivity contribution in [2.75, 3.05) is 0 Å². The maximum absolute atomic E-state index is 6.12. The molecule has 0 bridgehead atoms. The summed E-state index contributed by atoms with van der Waals surface area (Å²) in [4.78, 5) is 0. The molecule has 27 heavy (non-hydrogen) atoms. The van der Waals surface area contributed by atoms with E-state index in [9.17, 15) is 0 Å². The number of hydrogen-bond acceptors (Lipinski definition) is 0. The monoisotopic (exact) mass is 352 g/mol. The molecule has 0 N–H and O–H groups in total. The molecule has 0 heterocycles. The van der Waals surface area contributed by atoms with Crippen molar-refractivity contribution in [1.29, 1.82) is 0 Å². The van der Waals surface area contributed by atoms with Gasteiger partial charge in [-0.1, -0.05) is 90.7 Å². The van der Waals surface area contributed by atoms with Gasteiger partial charge in [-0.15, -0.1) is 6.42 Å². The van der Waals surface area contributed by atoms with E-state index in [0.717, 1.165) is 0 Å². The van der Waals surface area contributed by atoms with Gasteiger partial charge in [-0.3, -0.25) is 0 Å². The van der Waals surface area contributed by atoms with E-state index >= 15 is 0 Å². The molecule has 1 aliphatic rings. The third-order valence-corrected chi connectivity index (χ3v) is 6.55. The average molecular weight is 353 g/mol. The maximum atomic E-state index is 6.12. The molecule has 0 nitrogen and oxygen atoms in total. The van der Waals surface area contributed by atoms with Crippen molar-refractivity contribution in [3.63, 3.8) is 0 Å². The lowest BCUT2D eigenvalue weighted by atomic mass is 9.68. The van der Waals surface area contributed by atoms with Crippen LogP contribution >= 0.6 is 0 Å². The first-order chi connectivity index (χ1) is 12.9. The number of rotatable bonds is 4. The van der Waals surface area contributed by atoms with Crippen molar-refractivity contribution in [2.45, 2.75) is 34.6 Å². The molecule has 0 fully saturated rings. The third kappa shape index (κ3) is 3.19. The summed E-state index contributed by atoms with van der Waals surface area (Å²) in [5.41, 5.74) is 8.98. The second-order valence-electron chi connectivity index (χ2n) is 7.66. The number of benzene rings is 2.